The first-order chi connectivity index (χ1) is 11.6. The molecular formula is C19H18FNOS2. The second-order valence-corrected chi connectivity index (χ2v) is 8.61. The standard InChI is InChI=1S/C19H18FNOS2/c1-11-5-6-14-15-10-23-18(9-17(15)24-16(14)7-11)19(22)21-13-4-2-3-12(20)8-13/h2-4,8-9,11H,5-7,10H2,1H3,(H,21,22)/t11-/m1/s1. The first-order valence-electron chi connectivity index (χ1n) is 8.15. The van der Waals surface area contributed by atoms with E-state index in [0.717, 1.165) is 18.1 Å². The lowest BCUT2D eigenvalue weighted by atomic mass is 9.88. The summed E-state index contributed by atoms with van der Waals surface area (Å²) in [6, 6.07) is 6.00. The van der Waals surface area contributed by atoms with Crippen molar-refractivity contribution in [3.05, 3.63) is 55.9 Å². The third-order valence-corrected chi connectivity index (χ3v) is 6.88. The molecule has 2 nitrogen and oxygen atoms in total. The number of thioether (sulfide) groups is 1. The second-order valence-electron chi connectivity index (χ2n) is 6.46. The molecule has 1 amide bonds. The second kappa shape index (κ2) is 6.37. The number of hydrogen-bond acceptors (Lipinski definition) is 3. The monoisotopic (exact) mass is 359 g/mol. The van der Waals surface area contributed by atoms with Gasteiger partial charge in [-0.1, -0.05) is 13.0 Å². The van der Waals surface area contributed by atoms with Crippen LogP contribution in [0, 0.1) is 11.7 Å². The van der Waals surface area contributed by atoms with Crippen molar-refractivity contribution in [2.45, 2.75) is 31.9 Å². The van der Waals surface area contributed by atoms with E-state index < -0.39 is 0 Å². The average Bonchev–Trinajstić information content (AvgIpc) is 2.91. The quantitative estimate of drug-likeness (QED) is 0.794. The van der Waals surface area contributed by atoms with Gasteiger partial charge in [-0.15, -0.1) is 23.1 Å². The van der Waals surface area contributed by atoms with Gasteiger partial charge in [-0.2, -0.15) is 0 Å². The lowest BCUT2D eigenvalue weighted by molar-refractivity contribution is -0.112. The molecule has 24 heavy (non-hydrogen) atoms. The number of hydrogen-bond donors (Lipinski definition) is 1. The summed E-state index contributed by atoms with van der Waals surface area (Å²) in [7, 11) is 0. The van der Waals surface area contributed by atoms with Crippen molar-refractivity contribution in [2.24, 2.45) is 5.92 Å². The number of amides is 1. The van der Waals surface area contributed by atoms with E-state index in [1.807, 2.05) is 17.4 Å². The predicted octanol–water partition coefficient (Wildman–Crippen LogP) is 5.24. The van der Waals surface area contributed by atoms with Gasteiger partial charge < -0.3 is 5.32 Å². The van der Waals surface area contributed by atoms with Crippen molar-refractivity contribution < 1.29 is 9.18 Å². The molecule has 124 valence electrons. The summed E-state index contributed by atoms with van der Waals surface area (Å²) < 4.78 is 13.3. The summed E-state index contributed by atoms with van der Waals surface area (Å²) in [6.45, 7) is 2.31. The fourth-order valence-electron chi connectivity index (χ4n) is 3.31. The molecule has 5 heteroatoms. The number of rotatable bonds is 2. The zero-order valence-corrected chi connectivity index (χ0v) is 15.0. The third kappa shape index (κ3) is 3.03. The molecule has 2 aliphatic rings. The van der Waals surface area contributed by atoms with Gasteiger partial charge in [0.15, 0.2) is 0 Å². The predicted molar refractivity (Wildman–Crippen MR) is 99.8 cm³/mol. The zero-order valence-electron chi connectivity index (χ0n) is 13.4. The first-order valence-corrected chi connectivity index (χ1v) is 9.95. The SMILES string of the molecule is C[C@@H]1CCc2c(sc3c2CSC(C(=O)Nc2cccc(F)c2)=C3)C1. The van der Waals surface area contributed by atoms with Crippen LogP contribution in [0.25, 0.3) is 6.08 Å². The van der Waals surface area contributed by atoms with Crippen molar-refractivity contribution in [1.29, 1.82) is 0 Å². The molecule has 2 heterocycles. The molecule has 1 aromatic heterocycles. The van der Waals surface area contributed by atoms with E-state index in [-0.39, 0.29) is 11.7 Å². The van der Waals surface area contributed by atoms with Gasteiger partial charge in [0, 0.05) is 21.2 Å². The minimum Gasteiger partial charge on any atom is -0.321 e. The van der Waals surface area contributed by atoms with Gasteiger partial charge in [0.2, 0.25) is 0 Å². The van der Waals surface area contributed by atoms with Crippen LogP contribution in [0.3, 0.4) is 0 Å². The highest BCUT2D eigenvalue weighted by Crippen LogP contribution is 2.43. The Morgan fingerprint density at radius 1 is 1.33 bits per heavy atom. The Kier molecular flexibility index (Phi) is 4.22. The van der Waals surface area contributed by atoms with Crippen LogP contribution in [0.5, 0.6) is 0 Å². The zero-order chi connectivity index (χ0) is 16.7. The molecule has 0 spiro atoms. The molecule has 2 aromatic rings. The van der Waals surface area contributed by atoms with Gasteiger partial charge in [-0.25, -0.2) is 4.39 Å². The first kappa shape index (κ1) is 15.9. The highest BCUT2D eigenvalue weighted by Gasteiger charge is 2.26. The molecule has 0 saturated carbocycles. The lowest BCUT2D eigenvalue weighted by Crippen LogP contribution is -2.14. The Morgan fingerprint density at radius 2 is 2.21 bits per heavy atom. The van der Waals surface area contributed by atoms with Crippen molar-refractivity contribution >= 4 is 40.8 Å². The fourth-order valence-corrected chi connectivity index (χ4v) is 5.97. The van der Waals surface area contributed by atoms with Crippen LogP contribution in [0.1, 0.15) is 34.2 Å². The molecule has 0 radical (unpaired) electrons. The van der Waals surface area contributed by atoms with Crippen molar-refractivity contribution in [1.82, 2.24) is 0 Å². The van der Waals surface area contributed by atoms with E-state index in [9.17, 15) is 9.18 Å². The number of fused-ring (bicyclic) bond motifs is 3. The van der Waals surface area contributed by atoms with Gasteiger partial charge in [-0.3, -0.25) is 4.79 Å². The van der Waals surface area contributed by atoms with Crippen LogP contribution < -0.4 is 5.32 Å². The highest BCUT2D eigenvalue weighted by atomic mass is 32.2. The summed E-state index contributed by atoms with van der Waals surface area (Å²) in [5.41, 5.74) is 3.45. The minimum absolute atomic E-state index is 0.156. The van der Waals surface area contributed by atoms with E-state index in [2.05, 4.69) is 12.2 Å². The Labute approximate surface area is 149 Å². The van der Waals surface area contributed by atoms with Crippen molar-refractivity contribution in [3.63, 3.8) is 0 Å². The Morgan fingerprint density at radius 3 is 3.04 bits per heavy atom. The van der Waals surface area contributed by atoms with Crippen molar-refractivity contribution in [2.75, 3.05) is 5.32 Å². The van der Waals surface area contributed by atoms with Crippen LogP contribution in [-0.2, 0) is 23.4 Å². The Balaban J connectivity index is 1.57. The van der Waals surface area contributed by atoms with Crippen LogP contribution >= 0.6 is 23.1 Å². The summed E-state index contributed by atoms with van der Waals surface area (Å²) >= 11 is 3.42. The molecular weight excluding hydrogens is 341 g/mol. The molecule has 1 atom stereocenters. The van der Waals surface area contributed by atoms with Gasteiger partial charge in [-0.05, 0) is 60.6 Å². The van der Waals surface area contributed by atoms with Crippen LogP contribution in [0.2, 0.25) is 0 Å². The smallest absolute Gasteiger partial charge is 0.262 e. The number of thiophene rings is 1. The normalized spacial score (nSPS) is 19.2. The average molecular weight is 359 g/mol. The van der Waals surface area contributed by atoms with E-state index in [4.69, 9.17) is 0 Å². The molecule has 1 aliphatic carbocycles. The molecule has 1 aliphatic heterocycles. The number of anilines is 1. The number of benzene rings is 1. The van der Waals surface area contributed by atoms with Crippen LogP contribution in [0.15, 0.2) is 29.2 Å². The van der Waals surface area contributed by atoms with Gasteiger partial charge >= 0.3 is 0 Å². The maximum atomic E-state index is 13.3. The van der Waals surface area contributed by atoms with E-state index in [0.29, 0.717) is 10.6 Å². The van der Waals surface area contributed by atoms with Gasteiger partial charge in [0.1, 0.15) is 5.82 Å². The molecule has 1 aromatic carbocycles. The third-order valence-electron chi connectivity index (χ3n) is 4.59. The number of carbonyl (C=O) groups is 1. The summed E-state index contributed by atoms with van der Waals surface area (Å²) in [5.74, 6) is 1.11. The van der Waals surface area contributed by atoms with Crippen LogP contribution in [0.4, 0.5) is 10.1 Å². The van der Waals surface area contributed by atoms with Gasteiger partial charge in [0.25, 0.3) is 5.91 Å². The number of carbonyl (C=O) groups excluding carboxylic acids is 1. The molecule has 0 bridgehead atoms. The molecule has 0 fully saturated rings. The van der Waals surface area contributed by atoms with E-state index in [1.54, 1.807) is 23.9 Å². The minimum atomic E-state index is -0.347. The molecule has 4 rings (SSSR count). The summed E-state index contributed by atoms with van der Waals surface area (Å²) in [4.78, 5) is 15.9. The Bertz CT molecular complexity index is 840. The topological polar surface area (TPSA) is 29.1 Å². The summed E-state index contributed by atoms with van der Waals surface area (Å²) in [6.07, 6.45) is 5.60. The highest BCUT2D eigenvalue weighted by molar-refractivity contribution is 8.03. The molecule has 0 unspecified atom stereocenters. The van der Waals surface area contributed by atoms with Crippen molar-refractivity contribution in [3.8, 4) is 0 Å². The van der Waals surface area contributed by atoms with Crippen LogP contribution in [-0.4, -0.2) is 5.91 Å². The number of nitrogens with one attached hydrogen (secondary N) is 1. The fraction of sp³-hybridized carbons (Fsp3) is 0.316. The van der Waals surface area contributed by atoms with E-state index >= 15 is 0 Å². The number of halogens is 1. The lowest BCUT2D eigenvalue weighted by Gasteiger charge is -2.19. The maximum Gasteiger partial charge on any atom is 0.262 e. The van der Waals surface area contributed by atoms with Gasteiger partial charge in [0.05, 0.1) is 4.91 Å². The molecule has 0 saturated heterocycles. The van der Waals surface area contributed by atoms with E-state index in [1.165, 1.54) is 45.9 Å². The Hall–Kier alpha value is -1.59. The largest absolute Gasteiger partial charge is 0.321 e. The summed E-state index contributed by atoms with van der Waals surface area (Å²) in [5, 5.41) is 2.79. The molecule has 1 N–H and O–H groups in total. The maximum absolute atomic E-state index is 13.3.